The summed E-state index contributed by atoms with van der Waals surface area (Å²) in [5, 5.41) is 5.36. The summed E-state index contributed by atoms with van der Waals surface area (Å²) < 4.78 is 4.73. The third-order valence-corrected chi connectivity index (χ3v) is 4.32. The summed E-state index contributed by atoms with van der Waals surface area (Å²) in [6, 6.07) is -2.18. The van der Waals surface area contributed by atoms with E-state index in [2.05, 4.69) is 10.6 Å². The minimum Gasteiger partial charge on any atom is -0.467 e. The van der Waals surface area contributed by atoms with Crippen molar-refractivity contribution in [1.29, 1.82) is 0 Å². The minimum atomic E-state index is -0.760. The molecule has 140 valence electrons. The topological polar surface area (TPSA) is 111 Å². The van der Waals surface area contributed by atoms with E-state index in [0.29, 0.717) is 12.2 Å². The fourth-order valence-electron chi connectivity index (χ4n) is 1.98. The molecule has 0 aliphatic heterocycles. The third-order valence-electron chi connectivity index (χ3n) is 3.68. The first-order valence-corrected chi connectivity index (χ1v) is 9.48. The Morgan fingerprint density at radius 1 is 1.04 bits per heavy atom. The van der Waals surface area contributed by atoms with Gasteiger partial charge in [-0.05, 0) is 30.3 Å². The molecule has 0 saturated heterocycles. The van der Waals surface area contributed by atoms with Crippen LogP contribution in [0.15, 0.2) is 0 Å². The van der Waals surface area contributed by atoms with Gasteiger partial charge in [-0.1, -0.05) is 27.7 Å². The maximum absolute atomic E-state index is 12.5. The van der Waals surface area contributed by atoms with Gasteiger partial charge in [0.25, 0.3) is 0 Å². The van der Waals surface area contributed by atoms with Crippen molar-refractivity contribution in [2.45, 2.75) is 52.2 Å². The molecule has 0 aliphatic carbocycles. The van der Waals surface area contributed by atoms with Gasteiger partial charge in [-0.25, -0.2) is 4.79 Å². The van der Waals surface area contributed by atoms with Crippen LogP contribution >= 0.6 is 11.8 Å². The van der Waals surface area contributed by atoms with E-state index in [1.54, 1.807) is 11.8 Å². The first-order valence-electron chi connectivity index (χ1n) is 8.08. The second kappa shape index (κ2) is 11.3. The molecule has 0 bridgehead atoms. The van der Waals surface area contributed by atoms with Crippen molar-refractivity contribution in [1.82, 2.24) is 10.6 Å². The molecule has 3 atom stereocenters. The van der Waals surface area contributed by atoms with Crippen LogP contribution in [-0.4, -0.2) is 55.0 Å². The van der Waals surface area contributed by atoms with E-state index >= 15 is 0 Å². The molecule has 4 N–H and O–H groups in total. The highest BCUT2D eigenvalue weighted by atomic mass is 32.2. The molecule has 0 saturated carbocycles. The lowest BCUT2D eigenvalue weighted by molar-refractivity contribution is -0.145. The maximum atomic E-state index is 12.5. The van der Waals surface area contributed by atoms with Gasteiger partial charge in [0.1, 0.15) is 12.1 Å². The molecule has 7 nitrogen and oxygen atoms in total. The average molecular weight is 362 g/mol. The number of methoxy groups -OCH3 is 1. The number of hydrogen-bond donors (Lipinski definition) is 3. The molecule has 0 fully saturated rings. The fraction of sp³-hybridized carbons (Fsp3) is 0.812. The molecule has 0 aromatic carbocycles. The summed E-state index contributed by atoms with van der Waals surface area (Å²) in [4.78, 5) is 36.5. The molecule has 0 spiro atoms. The monoisotopic (exact) mass is 361 g/mol. The van der Waals surface area contributed by atoms with Crippen LogP contribution in [0.1, 0.15) is 34.1 Å². The Hall–Kier alpha value is -1.28. The number of carbonyl (C=O) groups is 3. The van der Waals surface area contributed by atoms with Gasteiger partial charge in [-0.3, -0.25) is 9.59 Å². The Bertz CT molecular complexity index is 430. The van der Waals surface area contributed by atoms with Gasteiger partial charge in [-0.15, -0.1) is 0 Å². The van der Waals surface area contributed by atoms with Crippen LogP contribution in [0.25, 0.3) is 0 Å². The zero-order valence-electron chi connectivity index (χ0n) is 15.4. The molecule has 8 heteroatoms. The summed E-state index contributed by atoms with van der Waals surface area (Å²) in [6.07, 6.45) is 2.38. The van der Waals surface area contributed by atoms with Gasteiger partial charge >= 0.3 is 5.97 Å². The highest BCUT2D eigenvalue weighted by Gasteiger charge is 2.30. The zero-order chi connectivity index (χ0) is 18.9. The number of amides is 2. The Morgan fingerprint density at radius 2 is 1.62 bits per heavy atom. The summed E-state index contributed by atoms with van der Waals surface area (Å²) in [7, 11) is 1.28. The Kier molecular flexibility index (Phi) is 10.7. The molecule has 0 aromatic heterocycles. The van der Waals surface area contributed by atoms with Crippen molar-refractivity contribution < 1.29 is 19.1 Å². The smallest absolute Gasteiger partial charge is 0.328 e. The van der Waals surface area contributed by atoms with Gasteiger partial charge in [0.2, 0.25) is 11.8 Å². The van der Waals surface area contributed by atoms with Gasteiger partial charge in [-0.2, -0.15) is 11.8 Å². The van der Waals surface area contributed by atoms with Crippen molar-refractivity contribution in [2.24, 2.45) is 17.6 Å². The Morgan fingerprint density at radius 3 is 2.04 bits per heavy atom. The molecule has 0 aromatic rings. The number of thioether (sulfide) groups is 1. The maximum Gasteiger partial charge on any atom is 0.328 e. The summed E-state index contributed by atoms with van der Waals surface area (Å²) in [5.74, 6) is -0.761. The lowest BCUT2D eigenvalue weighted by Crippen LogP contribution is -2.57. The number of rotatable bonds is 10. The number of nitrogens with two attached hydrogens (primary N) is 1. The van der Waals surface area contributed by atoms with E-state index in [4.69, 9.17) is 10.5 Å². The first kappa shape index (κ1) is 22.7. The van der Waals surface area contributed by atoms with Crippen LogP contribution in [0.3, 0.4) is 0 Å². The van der Waals surface area contributed by atoms with Crippen molar-refractivity contribution >= 4 is 29.5 Å². The van der Waals surface area contributed by atoms with Crippen molar-refractivity contribution in [2.75, 3.05) is 19.1 Å². The summed E-state index contributed by atoms with van der Waals surface area (Å²) in [5.41, 5.74) is 5.82. The number of carbonyl (C=O) groups excluding carboxylic acids is 3. The highest BCUT2D eigenvalue weighted by Crippen LogP contribution is 2.08. The molecule has 0 heterocycles. The predicted octanol–water partition coefficient (Wildman–Crippen LogP) is 0.521. The van der Waals surface area contributed by atoms with Gasteiger partial charge in [0.15, 0.2) is 0 Å². The van der Waals surface area contributed by atoms with Crippen molar-refractivity contribution in [3.8, 4) is 0 Å². The molecule has 0 aliphatic rings. The molecular weight excluding hydrogens is 330 g/mol. The average Bonchev–Trinajstić information content (AvgIpc) is 2.53. The van der Waals surface area contributed by atoms with E-state index in [1.165, 1.54) is 7.11 Å². The number of esters is 1. The Balaban J connectivity index is 5.00. The fourth-order valence-corrected chi connectivity index (χ4v) is 2.45. The quantitative estimate of drug-likeness (QED) is 0.489. The standard InChI is InChI=1S/C16H31N3O4S/c1-9(2)12(17)14(20)19-13(10(3)4)15(21)18-11(7-8-24-6)16(22)23-5/h9-13H,7-8,17H2,1-6H3,(H,18,21)(H,19,20)/t11-,12-,13-/m0/s1. The van der Waals surface area contributed by atoms with Crippen LogP contribution in [-0.2, 0) is 19.1 Å². The number of ether oxygens (including phenoxy) is 1. The highest BCUT2D eigenvalue weighted by molar-refractivity contribution is 7.98. The lowest BCUT2D eigenvalue weighted by atomic mass is 10.00. The van der Waals surface area contributed by atoms with Crippen LogP contribution in [0.5, 0.6) is 0 Å². The second-order valence-corrected chi connectivity index (χ2v) is 7.35. The molecular formula is C16H31N3O4S. The SMILES string of the molecule is COC(=O)[C@H](CCSC)NC(=O)[C@@H](NC(=O)[C@@H](N)C(C)C)C(C)C. The van der Waals surface area contributed by atoms with E-state index in [9.17, 15) is 14.4 Å². The third kappa shape index (κ3) is 7.53. The van der Waals surface area contributed by atoms with Gasteiger partial charge in [0.05, 0.1) is 13.2 Å². The van der Waals surface area contributed by atoms with Crippen LogP contribution in [0.4, 0.5) is 0 Å². The molecule has 24 heavy (non-hydrogen) atoms. The zero-order valence-corrected chi connectivity index (χ0v) is 16.2. The van der Waals surface area contributed by atoms with Crippen molar-refractivity contribution in [3.63, 3.8) is 0 Å². The molecule has 0 unspecified atom stereocenters. The largest absolute Gasteiger partial charge is 0.467 e. The van der Waals surface area contributed by atoms with Gasteiger partial charge < -0.3 is 21.1 Å². The van der Waals surface area contributed by atoms with Crippen LogP contribution in [0, 0.1) is 11.8 Å². The first-order chi connectivity index (χ1) is 11.1. The molecule has 0 rings (SSSR count). The van der Waals surface area contributed by atoms with Crippen LogP contribution in [0.2, 0.25) is 0 Å². The predicted molar refractivity (Wildman–Crippen MR) is 96.5 cm³/mol. The van der Waals surface area contributed by atoms with E-state index in [-0.39, 0.29) is 17.7 Å². The van der Waals surface area contributed by atoms with E-state index < -0.39 is 30.0 Å². The lowest BCUT2D eigenvalue weighted by Gasteiger charge is -2.26. The van der Waals surface area contributed by atoms with Crippen molar-refractivity contribution in [3.05, 3.63) is 0 Å². The number of hydrogen-bond acceptors (Lipinski definition) is 6. The molecule has 2 amide bonds. The number of nitrogens with one attached hydrogen (secondary N) is 2. The molecule has 0 radical (unpaired) electrons. The van der Waals surface area contributed by atoms with E-state index in [0.717, 1.165) is 0 Å². The van der Waals surface area contributed by atoms with E-state index in [1.807, 2.05) is 34.0 Å². The normalized spacial score (nSPS) is 14.9. The van der Waals surface area contributed by atoms with Crippen LogP contribution < -0.4 is 16.4 Å². The summed E-state index contributed by atoms with van der Waals surface area (Å²) >= 11 is 1.57. The summed E-state index contributed by atoms with van der Waals surface area (Å²) in [6.45, 7) is 7.32. The van der Waals surface area contributed by atoms with Gasteiger partial charge in [0, 0.05) is 0 Å². The minimum absolute atomic E-state index is 0.0368. The second-order valence-electron chi connectivity index (χ2n) is 6.37. The Labute approximate surface area is 148 Å².